The number of anilines is 1. The van der Waals surface area contributed by atoms with Gasteiger partial charge in [0.05, 0.1) is 13.7 Å². The normalized spacial score (nSPS) is 27.3. The quantitative estimate of drug-likeness (QED) is 0.359. The molecule has 0 unspecified atom stereocenters. The van der Waals surface area contributed by atoms with E-state index >= 15 is 0 Å². The van der Waals surface area contributed by atoms with Gasteiger partial charge >= 0.3 is 11.7 Å². The SMILES string of the molecule is COC(=O)/C(C)=C/c1cn([C@@H]2O[C@H](CO)[C@@H](O)[C@H]2O)c(=O)nc1N. The summed E-state index contributed by atoms with van der Waals surface area (Å²) in [5.41, 5.74) is 5.32. The lowest BCUT2D eigenvalue weighted by Gasteiger charge is -2.18. The zero-order chi connectivity index (χ0) is 18.0. The van der Waals surface area contributed by atoms with E-state index in [9.17, 15) is 19.8 Å². The molecule has 0 radical (unpaired) electrons. The van der Waals surface area contributed by atoms with E-state index in [2.05, 4.69) is 9.72 Å². The summed E-state index contributed by atoms with van der Waals surface area (Å²) in [6.45, 7) is 0.966. The molecule has 0 bridgehead atoms. The Kier molecular flexibility index (Phi) is 5.34. The molecule has 2 heterocycles. The zero-order valence-electron chi connectivity index (χ0n) is 13.1. The van der Waals surface area contributed by atoms with Crippen LogP contribution in [0.15, 0.2) is 16.6 Å². The number of esters is 1. The van der Waals surface area contributed by atoms with Gasteiger partial charge in [-0.2, -0.15) is 4.98 Å². The fraction of sp³-hybridized carbons (Fsp3) is 0.500. The highest BCUT2D eigenvalue weighted by Gasteiger charge is 2.43. The van der Waals surface area contributed by atoms with Crippen LogP contribution in [-0.4, -0.2) is 62.9 Å². The first-order valence-electron chi connectivity index (χ1n) is 7.07. The average Bonchev–Trinajstić information content (AvgIpc) is 2.84. The van der Waals surface area contributed by atoms with Crippen LogP contribution in [0.25, 0.3) is 6.08 Å². The Balaban J connectivity index is 2.44. The molecular weight excluding hydrogens is 322 g/mol. The minimum atomic E-state index is -1.44. The van der Waals surface area contributed by atoms with Crippen LogP contribution >= 0.6 is 0 Å². The number of nitrogens with two attached hydrogens (primary N) is 1. The van der Waals surface area contributed by atoms with Crippen LogP contribution < -0.4 is 11.4 Å². The Morgan fingerprint density at radius 1 is 1.50 bits per heavy atom. The lowest BCUT2D eigenvalue weighted by Crippen LogP contribution is -2.36. The minimum Gasteiger partial charge on any atom is -0.466 e. The first kappa shape index (κ1) is 18.1. The van der Waals surface area contributed by atoms with Crippen molar-refractivity contribution in [2.45, 2.75) is 31.5 Å². The van der Waals surface area contributed by atoms with E-state index in [4.69, 9.17) is 15.6 Å². The molecule has 4 atom stereocenters. The van der Waals surface area contributed by atoms with E-state index in [1.54, 1.807) is 0 Å². The molecule has 5 N–H and O–H groups in total. The summed E-state index contributed by atoms with van der Waals surface area (Å²) in [5.74, 6) is -0.702. The van der Waals surface area contributed by atoms with Gasteiger partial charge < -0.3 is 30.5 Å². The number of nitrogens with zero attached hydrogens (tertiary/aromatic N) is 2. The second-order valence-corrected chi connectivity index (χ2v) is 5.32. The molecule has 0 aromatic carbocycles. The summed E-state index contributed by atoms with van der Waals surface area (Å²) < 4.78 is 10.8. The molecule has 1 aromatic rings. The second kappa shape index (κ2) is 7.09. The number of methoxy groups -OCH3 is 1. The number of aliphatic hydroxyl groups excluding tert-OH is 3. The number of rotatable bonds is 4. The Bertz CT molecular complexity index is 715. The zero-order valence-corrected chi connectivity index (χ0v) is 13.1. The Morgan fingerprint density at radius 3 is 2.71 bits per heavy atom. The number of carbonyl (C=O) groups is 1. The fourth-order valence-corrected chi connectivity index (χ4v) is 2.35. The molecule has 0 aliphatic carbocycles. The highest BCUT2D eigenvalue weighted by atomic mass is 16.6. The molecule has 1 fully saturated rings. The van der Waals surface area contributed by atoms with Crippen LogP contribution in [0.3, 0.4) is 0 Å². The lowest BCUT2D eigenvalue weighted by molar-refractivity contribution is -0.135. The van der Waals surface area contributed by atoms with Crippen molar-refractivity contribution in [3.63, 3.8) is 0 Å². The molecule has 1 aromatic heterocycles. The van der Waals surface area contributed by atoms with Crippen LogP contribution in [0.5, 0.6) is 0 Å². The van der Waals surface area contributed by atoms with Gasteiger partial charge in [0.25, 0.3) is 0 Å². The standard InChI is InChI=1S/C14H19N3O7/c1-6(13(21)23-2)3-7-4-17(14(22)16-11(7)15)12-10(20)9(19)8(5-18)24-12/h3-4,8-10,12,18-20H,5H2,1-2H3,(H2,15,16,22)/b6-3+/t8-,9-,10-,12-/m1/s1. The molecule has 10 heteroatoms. The van der Waals surface area contributed by atoms with Crippen molar-refractivity contribution >= 4 is 17.9 Å². The summed E-state index contributed by atoms with van der Waals surface area (Å²) in [5, 5.41) is 28.9. The van der Waals surface area contributed by atoms with Gasteiger partial charge in [-0.25, -0.2) is 9.59 Å². The molecular formula is C14H19N3O7. The van der Waals surface area contributed by atoms with Crippen LogP contribution in [0, 0.1) is 0 Å². The lowest BCUT2D eigenvalue weighted by atomic mass is 10.1. The van der Waals surface area contributed by atoms with E-state index in [0.29, 0.717) is 0 Å². The number of ether oxygens (including phenoxy) is 2. The maximum absolute atomic E-state index is 12.0. The van der Waals surface area contributed by atoms with Crippen LogP contribution in [-0.2, 0) is 14.3 Å². The first-order chi connectivity index (χ1) is 11.3. The molecule has 1 saturated heterocycles. The summed E-state index contributed by atoms with van der Waals surface area (Å²) in [6.07, 6.45) is -2.47. The van der Waals surface area contributed by atoms with Crippen molar-refractivity contribution in [1.29, 1.82) is 0 Å². The third-order valence-corrected chi connectivity index (χ3v) is 3.68. The maximum Gasteiger partial charge on any atom is 0.351 e. The number of carbonyl (C=O) groups excluding carboxylic acids is 1. The second-order valence-electron chi connectivity index (χ2n) is 5.32. The summed E-state index contributed by atoms with van der Waals surface area (Å²) >= 11 is 0. The van der Waals surface area contributed by atoms with Gasteiger partial charge in [-0.3, -0.25) is 4.57 Å². The van der Waals surface area contributed by atoms with E-state index in [-0.39, 0.29) is 17.0 Å². The predicted octanol–water partition coefficient (Wildman–Crippen LogP) is -1.99. The molecule has 24 heavy (non-hydrogen) atoms. The van der Waals surface area contributed by atoms with Crippen LogP contribution in [0.1, 0.15) is 18.7 Å². The highest BCUT2D eigenvalue weighted by molar-refractivity contribution is 5.93. The van der Waals surface area contributed by atoms with Gasteiger partial charge in [0.1, 0.15) is 24.1 Å². The third-order valence-electron chi connectivity index (χ3n) is 3.68. The number of aliphatic hydroxyl groups is 3. The number of hydrogen-bond donors (Lipinski definition) is 4. The molecule has 0 saturated carbocycles. The summed E-state index contributed by atoms with van der Waals surface area (Å²) in [7, 11) is 1.22. The van der Waals surface area contributed by atoms with Gasteiger partial charge in [-0.15, -0.1) is 0 Å². The van der Waals surface area contributed by atoms with E-state index < -0.39 is 42.8 Å². The fourth-order valence-electron chi connectivity index (χ4n) is 2.35. The van der Waals surface area contributed by atoms with Gasteiger partial charge in [-0.1, -0.05) is 0 Å². The number of nitrogen functional groups attached to an aromatic ring is 1. The monoisotopic (exact) mass is 341 g/mol. The van der Waals surface area contributed by atoms with Gasteiger partial charge in [0.2, 0.25) is 0 Å². The molecule has 1 aliphatic rings. The van der Waals surface area contributed by atoms with E-state index in [1.807, 2.05) is 0 Å². The topological polar surface area (TPSA) is 157 Å². The highest BCUT2D eigenvalue weighted by Crippen LogP contribution is 2.28. The van der Waals surface area contributed by atoms with Crippen LogP contribution in [0.4, 0.5) is 5.82 Å². The summed E-state index contributed by atoms with van der Waals surface area (Å²) in [4.78, 5) is 27.1. The van der Waals surface area contributed by atoms with Gasteiger partial charge in [0.15, 0.2) is 6.23 Å². The predicted molar refractivity (Wildman–Crippen MR) is 81.6 cm³/mol. The molecule has 132 valence electrons. The van der Waals surface area contributed by atoms with Crippen LogP contribution in [0.2, 0.25) is 0 Å². The third kappa shape index (κ3) is 3.31. The summed E-state index contributed by atoms with van der Waals surface area (Å²) in [6, 6.07) is 0. The average molecular weight is 341 g/mol. The molecule has 0 spiro atoms. The largest absolute Gasteiger partial charge is 0.466 e. The van der Waals surface area contributed by atoms with Crippen molar-refractivity contribution in [3.8, 4) is 0 Å². The maximum atomic E-state index is 12.0. The molecule has 1 aliphatic heterocycles. The Morgan fingerprint density at radius 2 is 2.17 bits per heavy atom. The van der Waals surface area contributed by atoms with Crippen molar-refractivity contribution in [3.05, 3.63) is 27.8 Å². The number of hydrogen-bond acceptors (Lipinski definition) is 9. The van der Waals surface area contributed by atoms with Crippen molar-refractivity contribution in [1.82, 2.24) is 9.55 Å². The Labute approximate surface area is 136 Å². The van der Waals surface area contributed by atoms with Crippen molar-refractivity contribution in [2.75, 3.05) is 19.5 Å². The van der Waals surface area contributed by atoms with E-state index in [1.165, 1.54) is 26.3 Å². The molecule has 0 amide bonds. The van der Waals surface area contributed by atoms with E-state index in [0.717, 1.165) is 4.57 Å². The van der Waals surface area contributed by atoms with Crippen molar-refractivity contribution in [2.24, 2.45) is 0 Å². The first-order valence-corrected chi connectivity index (χ1v) is 7.07. The molecule has 10 nitrogen and oxygen atoms in total. The number of aromatic nitrogens is 2. The minimum absolute atomic E-state index is 0.119. The van der Waals surface area contributed by atoms with Gasteiger partial charge in [-0.05, 0) is 13.0 Å². The molecule has 2 rings (SSSR count). The Hall–Kier alpha value is -2.27. The van der Waals surface area contributed by atoms with Gasteiger partial charge in [0, 0.05) is 17.3 Å². The smallest absolute Gasteiger partial charge is 0.351 e. The van der Waals surface area contributed by atoms with Crippen molar-refractivity contribution < 1.29 is 29.6 Å².